The molecule has 17 heavy (non-hydrogen) atoms. The summed E-state index contributed by atoms with van der Waals surface area (Å²) in [5, 5.41) is 31.6. The third-order valence-electron chi connectivity index (χ3n) is 2.92. The van der Waals surface area contributed by atoms with E-state index in [1.807, 2.05) is 0 Å². The molecular formula is C13H21NO3. The van der Waals surface area contributed by atoms with Crippen LogP contribution in [-0.4, -0.2) is 21.4 Å². The average Bonchev–Trinajstić information content (AvgIpc) is 2.33. The van der Waals surface area contributed by atoms with Gasteiger partial charge in [-0.3, -0.25) is 0 Å². The highest BCUT2D eigenvalue weighted by molar-refractivity contribution is 5.52. The Morgan fingerprint density at radius 2 is 1.82 bits per heavy atom. The molecule has 96 valence electrons. The van der Waals surface area contributed by atoms with Crippen LogP contribution in [0.25, 0.3) is 0 Å². The minimum absolute atomic E-state index is 0.246. The van der Waals surface area contributed by atoms with Gasteiger partial charge in [-0.1, -0.05) is 26.3 Å². The fraction of sp³-hybridized carbons (Fsp3) is 0.538. The molecule has 1 aromatic carbocycles. The van der Waals surface area contributed by atoms with Gasteiger partial charge >= 0.3 is 0 Å². The lowest BCUT2D eigenvalue weighted by Crippen LogP contribution is -2.27. The van der Waals surface area contributed by atoms with Crippen molar-refractivity contribution in [1.29, 1.82) is 0 Å². The number of phenols is 3. The van der Waals surface area contributed by atoms with Gasteiger partial charge in [0.25, 0.3) is 0 Å². The van der Waals surface area contributed by atoms with E-state index in [4.69, 9.17) is 0 Å². The van der Waals surface area contributed by atoms with E-state index in [0.29, 0.717) is 18.2 Å². The molecule has 4 N–H and O–H groups in total. The molecule has 1 atom stereocenters. The summed E-state index contributed by atoms with van der Waals surface area (Å²) in [6, 6.07) is 3.40. The Kier molecular flexibility index (Phi) is 5.10. The molecule has 0 aliphatic heterocycles. The van der Waals surface area contributed by atoms with Crippen molar-refractivity contribution >= 4 is 0 Å². The van der Waals surface area contributed by atoms with Gasteiger partial charge in [0, 0.05) is 18.2 Å². The van der Waals surface area contributed by atoms with Crippen LogP contribution in [-0.2, 0) is 6.54 Å². The summed E-state index contributed by atoms with van der Waals surface area (Å²) < 4.78 is 0. The van der Waals surface area contributed by atoms with Gasteiger partial charge in [-0.15, -0.1) is 0 Å². The molecular weight excluding hydrogens is 218 g/mol. The van der Waals surface area contributed by atoms with Crippen molar-refractivity contribution in [2.75, 3.05) is 0 Å². The van der Waals surface area contributed by atoms with Crippen LogP contribution in [0.1, 0.15) is 38.7 Å². The Bertz CT molecular complexity index is 366. The molecule has 1 unspecified atom stereocenters. The number of aromatic hydroxyl groups is 3. The minimum Gasteiger partial charge on any atom is -0.504 e. The molecule has 1 rings (SSSR count). The minimum atomic E-state index is -0.451. The largest absolute Gasteiger partial charge is 0.504 e. The summed E-state index contributed by atoms with van der Waals surface area (Å²) in [5.41, 5.74) is 0.592. The van der Waals surface area contributed by atoms with Gasteiger partial charge < -0.3 is 20.6 Å². The monoisotopic (exact) mass is 239 g/mol. The lowest BCUT2D eigenvalue weighted by molar-refractivity contribution is 0.362. The molecule has 0 aliphatic rings. The van der Waals surface area contributed by atoms with E-state index in [2.05, 4.69) is 19.2 Å². The van der Waals surface area contributed by atoms with E-state index in [1.54, 1.807) is 6.07 Å². The third-order valence-corrected chi connectivity index (χ3v) is 2.92. The predicted molar refractivity (Wildman–Crippen MR) is 67.3 cm³/mol. The van der Waals surface area contributed by atoms with Gasteiger partial charge in [0.1, 0.15) is 0 Å². The summed E-state index contributed by atoms with van der Waals surface area (Å²) in [6.07, 6.45) is 3.22. The van der Waals surface area contributed by atoms with Crippen molar-refractivity contribution in [3.05, 3.63) is 17.7 Å². The normalized spacial score (nSPS) is 12.6. The number of benzene rings is 1. The standard InChI is InChI=1S/C13H21NO3/c1-3-5-10(4-2)14-8-9-6-7-11(15)13(17)12(9)16/h6-7,10,14-17H,3-5,8H2,1-2H3. The smallest absolute Gasteiger partial charge is 0.200 e. The van der Waals surface area contributed by atoms with E-state index in [1.165, 1.54) is 6.07 Å². The van der Waals surface area contributed by atoms with Crippen LogP contribution in [0.3, 0.4) is 0 Å². The third kappa shape index (κ3) is 3.53. The Morgan fingerprint density at radius 3 is 2.41 bits per heavy atom. The van der Waals surface area contributed by atoms with E-state index in [0.717, 1.165) is 19.3 Å². The van der Waals surface area contributed by atoms with E-state index >= 15 is 0 Å². The highest BCUT2D eigenvalue weighted by Crippen LogP contribution is 2.36. The molecule has 1 aromatic rings. The number of hydrogen-bond donors (Lipinski definition) is 4. The van der Waals surface area contributed by atoms with E-state index < -0.39 is 5.75 Å². The Labute approximate surface area is 102 Å². The Hall–Kier alpha value is -1.42. The van der Waals surface area contributed by atoms with Gasteiger partial charge in [-0.2, -0.15) is 0 Å². The number of hydrogen-bond acceptors (Lipinski definition) is 4. The molecule has 0 heterocycles. The summed E-state index contributed by atoms with van der Waals surface area (Å²) in [4.78, 5) is 0. The summed E-state index contributed by atoms with van der Waals surface area (Å²) >= 11 is 0. The van der Waals surface area contributed by atoms with Crippen molar-refractivity contribution in [1.82, 2.24) is 5.32 Å². The summed E-state index contributed by atoms with van der Waals surface area (Å²) in [7, 11) is 0. The second kappa shape index (κ2) is 6.35. The van der Waals surface area contributed by atoms with Gasteiger partial charge in [0.2, 0.25) is 5.75 Å². The first-order valence-corrected chi connectivity index (χ1v) is 6.06. The SMILES string of the molecule is CCCC(CC)NCc1ccc(O)c(O)c1O. The van der Waals surface area contributed by atoms with E-state index in [9.17, 15) is 15.3 Å². The highest BCUT2D eigenvalue weighted by Gasteiger charge is 2.12. The van der Waals surface area contributed by atoms with Crippen molar-refractivity contribution in [3.63, 3.8) is 0 Å². The Balaban J connectivity index is 2.66. The van der Waals surface area contributed by atoms with Crippen molar-refractivity contribution in [2.24, 2.45) is 0 Å². The summed E-state index contributed by atoms with van der Waals surface area (Å²) in [6.45, 7) is 4.73. The van der Waals surface area contributed by atoms with Gasteiger partial charge in [-0.25, -0.2) is 0 Å². The zero-order valence-corrected chi connectivity index (χ0v) is 10.4. The average molecular weight is 239 g/mol. The molecule has 0 spiro atoms. The first kappa shape index (κ1) is 13.6. The lowest BCUT2D eigenvalue weighted by Gasteiger charge is -2.16. The van der Waals surface area contributed by atoms with Crippen molar-refractivity contribution in [2.45, 2.75) is 45.7 Å². The first-order valence-electron chi connectivity index (χ1n) is 6.06. The van der Waals surface area contributed by atoms with Crippen LogP contribution in [0, 0.1) is 0 Å². The highest BCUT2D eigenvalue weighted by atomic mass is 16.3. The zero-order valence-electron chi connectivity index (χ0n) is 10.4. The summed E-state index contributed by atoms with van der Waals surface area (Å²) in [5.74, 6) is -0.997. The molecule has 0 amide bonds. The molecule has 0 aromatic heterocycles. The lowest BCUT2D eigenvalue weighted by atomic mass is 10.1. The van der Waals surface area contributed by atoms with Gasteiger partial charge in [0.15, 0.2) is 11.5 Å². The number of rotatable bonds is 6. The second-order valence-corrected chi connectivity index (χ2v) is 4.22. The van der Waals surface area contributed by atoms with Crippen LogP contribution in [0.4, 0.5) is 0 Å². The topological polar surface area (TPSA) is 72.7 Å². The molecule has 4 heteroatoms. The maximum atomic E-state index is 9.64. The predicted octanol–water partition coefficient (Wildman–Crippen LogP) is 2.47. The maximum Gasteiger partial charge on any atom is 0.200 e. The molecule has 0 fully saturated rings. The zero-order chi connectivity index (χ0) is 12.8. The first-order chi connectivity index (χ1) is 8.10. The van der Waals surface area contributed by atoms with E-state index in [-0.39, 0.29) is 11.5 Å². The van der Waals surface area contributed by atoms with Crippen LogP contribution in [0.2, 0.25) is 0 Å². The quantitative estimate of drug-likeness (QED) is 0.575. The van der Waals surface area contributed by atoms with Crippen molar-refractivity contribution in [3.8, 4) is 17.2 Å². The fourth-order valence-electron chi connectivity index (χ4n) is 1.81. The van der Waals surface area contributed by atoms with Crippen LogP contribution in [0.15, 0.2) is 12.1 Å². The fourth-order valence-corrected chi connectivity index (χ4v) is 1.81. The molecule has 0 aliphatic carbocycles. The number of nitrogens with one attached hydrogen (secondary N) is 1. The Morgan fingerprint density at radius 1 is 1.12 bits per heavy atom. The molecule has 0 saturated carbocycles. The van der Waals surface area contributed by atoms with Crippen LogP contribution >= 0.6 is 0 Å². The molecule has 0 radical (unpaired) electrons. The molecule has 4 nitrogen and oxygen atoms in total. The maximum absolute atomic E-state index is 9.64. The molecule has 0 saturated heterocycles. The van der Waals surface area contributed by atoms with Gasteiger partial charge in [-0.05, 0) is 18.9 Å². The second-order valence-electron chi connectivity index (χ2n) is 4.22. The van der Waals surface area contributed by atoms with Crippen LogP contribution < -0.4 is 5.32 Å². The number of phenolic OH excluding ortho intramolecular Hbond substituents is 3. The van der Waals surface area contributed by atoms with Crippen molar-refractivity contribution < 1.29 is 15.3 Å². The van der Waals surface area contributed by atoms with Crippen LogP contribution in [0.5, 0.6) is 17.2 Å². The molecule has 0 bridgehead atoms. The van der Waals surface area contributed by atoms with Gasteiger partial charge in [0.05, 0.1) is 0 Å².